The lowest BCUT2D eigenvalue weighted by Gasteiger charge is -2.22. The van der Waals surface area contributed by atoms with Crippen molar-refractivity contribution in [2.45, 2.75) is 33.1 Å². The third-order valence-corrected chi connectivity index (χ3v) is 5.79. The van der Waals surface area contributed by atoms with Crippen molar-refractivity contribution in [3.8, 4) is 5.69 Å². The fourth-order valence-corrected chi connectivity index (χ4v) is 4.24. The molecule has 0 saturated heterocycles. The van der Waals surface area contributed by atoms with Crippen LogP contribution in [0.2, 0.25) is 0 Å². The summed E-state index contributed by atoms with van der Waals surface area (Å²) < 4.78 is 1.75. The number of benzene rings is 2. The van der Waals surface area contributed by atoms with E-state index in [2.05, 4.69) is 26.9 Å². The maximum absolute atomic E-state index is 13.9. The Hall–Kier alpha value is -3.87. The average Bonchev–Trinajstić information content (AvgIpc) is 3.25. The summed E-state index contributed by atoms with van der Waals surface area (Å²) in [5, 5.41) is 0.638. The van der Waals surface area contributed by atoms with Crippen LogP contribution in [0.5, 0.6) is 0 Å². The Morgan fingerprint density at radius 3 is 2.61 bits per heavy atom. The summed E-state index contributed by atoms with van der Waals surface area (Å²) in [6.45, 7) is 6.03. The summed E-state index contributed by atoms with van der Waals surface area (Å²) in [5.41, 5.74) is 5.52. The zero-order valence-electron chi connectivity index (χ0n) is 17.6. The van der Waals surface area contributed by atoms with Gasteiger partial charge in [-0.1, -0.05) is 37.3 Å². The largest absolute Gasteiger partial charge is 0.342 e. The van der Waals surface area contributed by atoms with Crippen LogP contribution in [0.4, 0.5) is 0 Å². The highest BCUT2D eigenvalue weighted by molar-refractivity contribution is 5.82. The Morgan fingerprint density at radius 1 is 1.00 bits per heavy atom. The summed E-state index contributed by atoms with van der Waals surface area (Å²) in [6, 6.07) is 13.7. The van der Waals surface area contributed by atoms with Crippen molar-refractivity contribution in [3.63, 3.8) is 0 Å². The molecule has 2 aromatic carbocycles. The van der Waals surface area contributed by atoms with Crippen LogP contribution in [0, 0.1) is 13.8 Å². The molecular weight excluding hydrogens is 388 g/mol. The Labute approximate surface area is 178 Å². The summed E-state index contributed by atoms with van der Waals surface area (Å²) in [6.07, 6.45) is 3.84. The molecule has 0 spiro atoms. The highest BCUT2D eigenvalue weighted by atomic mass is 16.1. The average molecular weight is 410 g/mol. The van der Waals surface area contributed by atoms with E-state index in [0.717, 1.165) is 28.0 Å². The summed E-state index contributed by atoms with van der Waals surface area (Å²) in [7, 11) is 0. The number of aryl methyl sites for hydroxylation is 2. The normalized spacial score (nSPS) is 12.5. The minimum atomic E-state index is -0.219. The van der Waals surface area contributed by atoms with Gasteiger partial charge in [0.2, 0.25) is 0 Å². The maximum atomic E-state index is 13.9. The Kier molecular flexibility index (Phi) is 4.58. The molecule has 0 fully saturated rings. The van der Waals surface area contributed by atoms with Crippen LogP contribution >= 0.6 is 0 Å². The summed E-state index contributed by atoms with van der Waals surface area (Å²) in [5.74, 6) is 0.442. The van der Waals surface area contributed by atoms with Crippen molar-refractivity contribution in [2.24, 2.45) is 0 Å². The molecule has 1 unspecified atom stereocenters. The summed E-state index contributed by atoms with van der Waals surface area (Å²) >= 11 is 0. The van der Waals surface area contributed by atoms with Gasteiger partial charge < -0.3 is 4.98 Å². The van der Waals surface area contributed by atoms with Gasteiger partial charge in [0.25, 0.3) is 5.56 Å². The van der Waals surface area contributed by atoms with E-state index in [1.54, 1.807) is 10.9 Å². The van der Waals surface area contributed by atoms with E-state index < -0.39 is 0 Å². The number of nitrogens with zero attached hydrogens (tertiary/aromatic N) is 5. The molecule has 3 aromatic heterocycles. The number of imidazole rings is 1. The third kappa shape index (κ3) is 3.01. The standard InChI is InChI=1S/C24H22N6O/c1-4-16(20-21-22(27-12-25-20)28-13-26-21)23-29-17-10-7-9-15(3)19(17)24(31)30(23)18-11-6-5-8-14(18)2/h5-13,16H,4H2,1-3H3,(H,25,26,27,28). The second-order valence-corrected chi connectivity index (χ2v) is 7.69. The quantitative estimate of drug-likeness (QED) is 0.479. The number of aromatic amines is 1. The SMILES string of the molecule is CCC(c1ncnc2nc[nH]c12)c1nc2cccc(C)c2c(=O)n1-c1ccccc1C. The van der Waals surface area contributed by atoms with Crippen LogP contribution in [0.1, 0.15) is 41.9 Å². The third-order valence-electron chi connectivity index (χ3n) is 5.79. The van der Waals surface area contributed by atoms with E-state index in [9.17, 15) is 4.79 Å². The second kappa shape index (κ2) is 7.43. The van der Waals surface area contributed by atoms with Gasteiger partial charge in [-0.2, -0.15) is 0 Å². The van der Waals surface area contributed by atoms with Gasteiger partial charge in [0.1, 0.15) is 17.7 Å². The van der Waals surface area contributed by atoms with Gasteiger partial charge in [-0.15, -0.1) is 0 Å². The Bertz CT molecular complexity index is 1480. The topological polar surface area (TPSA) is 89.3 Å². The van der Waals surface area contributed by atoms with Gasteiger partial charge in [0, 0.05) is 0 Å². The van der Waals surface area contributed by atoms with Crippen molar-refractivity contribution in [3.05, 3.63) is 88.1 Å². The van der Waals surface area contributed by atoms with E-state index in [0.29, 0.717) is 28.8 Å². The van der Waals surface area contributed by atoms with Crippen LogP contribution < -0.4 is 5.56 Å². The van der Waals surface area contributed by atoms with Gasteiger partial charge >= 0.3 is 0 Å². The number of hydrogen-bond acceptors (Lipinski definition) is 5. The van der Waals surface area contributed by atoms with Gasteiger partial charge in [-0.05, 0) is 43.5 Å². The fourth-order valence-electron chi connectivity index (χ4n) is 4.24. The molecule has 0 radical (unpaired) electrons. The molecule has 31 heavy (non-hydrogen) atoms. The summed E-state index contributed by atoms with van der Waals surface area (Å²) in [4.78, 5) is 35.1. The lowest BCUT2D eigenvalue weighted by Crippen LogP contribution is -2.27. The number of rotatable bonds is 4. The molecule has 1 N–H and O–H groups in total. The van der Waals surface area contributed by atoms with Gasteiger partial charge in [-0.3, -0.25) is 9.36 Å². The highest BCUT2D eigenvalue weighted by Gasteiger charge is 2.26. The smallest absolute Gasteiger partial charge is 0.266 e. The minimum absolute atomic E-state index is 0.0687. The van der Waals surface area contributed by atoms with Crippen molar-refractivity contribution in [1.29, 1.82) is 0 Å². The highest BCUT2D eigenvalue weighted by Crippen LogP contribution is 2.31. The maximum Gasteiger partial charge on any atom is 0.266 e. The molecule has 7 heteroatoms. The van der Waals surface area contributed by atoms with Gasteiger partial charge in [-0.25, -0.2) is 19.9 Å². The molecule has 0 aliphatic heterocycles. The first-order chi connectivity index (χ1) is 15.1. The first-order valence-corrected chi connectivity index (χ1v) is 10.3. The number of para-hydroxylation sites is 1. The van der Waals surface area contributed by atoms with Gasteiger partial charge in [0.15, 0.2) is 5.65 Å². The number of H-pyrrole nitrogens is 1. The van der Waals surface area contributed by atoms with Crippen molar-refractivity contribution in [1.82, 2.24) is 29.5 Å². The number of hydrogen-bond donors (Lipinski definition) is 1. The van der Waals surface area contributed by atoms with Crippen LogP contribution in [-0.2, 0) is 0 Å². The molecule has 0 bridgehead atoms. The number of aromatic nitrogens is 6. The zero-order valence-corrected chi connectivity index (χ0v) is 17.6. The fraction of sp³-hybridized carbons (Fsp3) is 0.208. The first-order valence-electron chi connectivity index (χ1n) is 10.3. The molecule has 1 atom stereocenters. The first kappa shape index (κ1) is 19.1. The molecule has 5 aromatic rings. The minimum Gasteiger partial charge on any atom is -0.342 e. The molecule has 5 rings (SSSR count). The second-order valence-electron chi connectivity index (χ2n) is 7.69. The molecule has 3 heterocycles. The van der Waals surface area contributed by atoms with Gasteiger partial charge in [0.05, 0.1) is 34.5 Å². The zero-order chi connectivity index (χ0) is 21.5. The molecule has 7 nitrogen and oxygen atoms in total. The Balaban J connectivity index is 1.90. The monoisotopic (exact) mass is 410 g/mol. The number of fused-ring (bicyclic) bond motifs is 2. The lowest BCUT2D eigenvalue weighted by atomic mass is 9.98. The van der Waals surface area contributed by atoms with E-state index in [1.807, 2.05) is 56.3 Å². The predicted octanol–water partition coefficient (Wildman–Crippen LogP) is 4.21. The van der Waals surface area contributed by atoms with Crippen LogP contribution in [0.15, 0.2) is 59.9 Å². The molecular formula is C24H22N6O. The van der Waals surface area contributed by atoms with Crippen LogP contribution in [0.25, 0.3) is 27.8 Å². The predicted molar refractivity (Wildman–Crippen MR) is 121 cm³/mol. The van der Waals surface area contributed by atoms with Crippen molar-refractivity contribution >= 4 is 22.1 Å². The van der Waals surface area contributed by atoms with Crippen molar-refractivity contribution < 1.29 is 0 Å². The molecule has 0 amide bonds. The molecule has 154 valence electrons. The van der Waals surface area contributed by atoms with Crippen LogP contribution in [0.3, 0.4) is 0 Å². The van der Waals surface area contributed by atoms with E-state index in [1.165, 1.54) is 6.33 Å². The van der Waals surface area contributed by atoms with Crippen LogP contribution in [-0.4, -0.2) is 29.5 Å². The van der Waals surface area contributed by atoms with E-state index >= 15 is 0 Å². The molecule has 0 aliphatic carbocycles. The lowest BCUT2D eigenvalue weighted by molar-refractivity contribution is 0.666. The van der Waals surface area contributed by atoms with E-state index in [-0.39, 0.29) is 11.5 Å². The van der Waals surface area contributed by atoms with E-state index in [4.69, 9.17) is 4.98 Å². The Morgan fingerprint density at radius 2 is 1.81 bits per heavy atom. The number of nitrogens with one attached hydrogen (secondary N) is 1. The van der Waals surface area contributed by atoms with Crippen molar-refractivity contribution in [2.75, 3.05) is 0 Å². The molecule has 0 saturated carbocycles. The molecule has 0 aliphatic rings.